The van der Waals surface area contributed by atoms with Crippen LogP contribution < -0.4 is 21.9 Å². The maximum Gasteiger partial charge on any atom is 0.330 e. The van der Waals surface area contributed by atoms with Crippen LogP contribution in [0.4, 0.5) is 15.9 Å². The zero-order valence-corrected chi connectivity index (χ0v) is 15.3. The third-order valence-corrected chi connectivity index (χ3v) is 4.07. The van der Waals surface area contributed by atoms with E-state index in [1.54, 1.807) is 0 Å². The van der Waals surface area contributed by atoms with Gasteiger partial charge in [-0.25, -0.2) is 9.18 Å². The molecule has 0 saturated carbocycles. The molecule has 1 amide bonds. The van der Waals surface area contributed by atoms with E-state index in [4.69, 9.17) is 10.5 Å². The fraction of sp³-hybridized carbons (Fsp3) is 0.389. The van der Waals surface area contributed by atoms with Crippen LogP contribution >= 0.6 is 0 Å². The van der Waals surface area contributed by atoms with Crippen LogP contribution in [0, 0.1) is 5.82 Å². The van der Waals surface area contributed by atoms with Crippen molar-refractivity contribution in [2.45, 2.75) is 26.3 Å². The van der Waals surface area contributed by atoms with Gasteiger partial charge in [-0.2, -0.15) is 0 Å². The summed E-state index contributed by atoms with van der Waals surface area (Å²) in [6.45, 7) is 2.44. The summed E-state index contributed by atoms with van der Waals surface area (Å²) in [6.07, 6.45) is 1.50. The summed E-state index contributed by atoms with van der Waals surface area (Å²) in [5.41, 5.74) is 4.74. The standard InChI is InChI=1S/C18H23FN4O4/c1-3-4-9-23-15(20)14(16(24)21-18(23)26)22(10-11-27-2)17(25)12-5-7-13(19)8-6-12/h5-8H,3-4,9-11,20H2,1-2H3,(H,21,24,26). The molecule has 0 fully saturated rings. The molecule has 27 heavy (non-hydrogen) atoms. The van der Waals surface area contributed by atoms with E-state index >= 15 is 0 Å². The molecular formula is C18H23FN4O4. The quantitative estimate of drug-likeness (QED) is 0.720. The minimum atomic E-state index is -0.767. The van der Waals surface area contributed by atoms with Crippen LogP contribution in [0.3, 0.4) is 0 Å². The van der Waals surface area contributed by atoms with Crippen molar-refractivity contribution in [1.29, 1.82) is 0 Å². The molecule has 2 aromatic rings. The molecule has 0 aliphatic carbocycles. The van der Waals surface area contributed by atoms with Gasteiger partial charge in [0, 0.05) is 25.8 Å². The molecule has 0 radical (unpaired) electrons. The normalized spacial score (nSPS) is 10.8. The number of anilines is 2. The molecule has 0 saturated heterocycles. The first-order valence-electron chi connectivity index (χ1n) is 8.59. The van der Waals surface area contributed by atoms with E-state index in [1.165, 1.54) is 23.8 Å². The first-order chi connectivity index (χ1) is 12.9. The van der Waals surface area contributed by atoms with Gasteiger partial charge in [-0.3, -0.25) is 24.0 Å². The largest absolute Gasteiger partial charge is 0.383 e. The summed E-state index contributed by atoms with van der Waals surface area (Å²) in [5, 5.41) is 0. The number of nitrogen functional groups attached to an aromatic ring is 1. The molecular weight excluding hydrogens is 355 g/mol. The fourth-order valence-electron chi connectivity index (χ4n) is 2.62. The van der Waals surface area contributed by atoms with Gasteiger partial charge in [0.25, 0.3) is 11.5 Å². The first-order valence-corrected chi connectivity index (χ1v) is 8.59. The number of carbonyl (C=O) groups excluding carboxylic acids is 1. The SMILES string of the molecule is CCCCn1c(N)c(N(CCOC)C(=O)c2ccc(F)cc2)c(=O)[nH]c1=O. The Labute approximate surface area is 155 Å². The van der Waals surface area contributed by atoms with Gasteiger partial charge in [0.2, 0.25) is 0 Å². The van der Waals surface area contributed by atoms with Crippen molar-refractivity contribution in [1.82, 2.24) is 9.55 Å². The lowest BCUT2D eigenvalue weighted by molar-refractivity contribution is 0.0975. The predicted molar refractivity (Wildman–Crippen MR) is 101 cm³/mol. The highest BCUT2D eigenvalue weighted by atomic mass is 19.1. The van der Waals surface area contributed by atoms with Gasteiger partial charge < -0.3 is 10.5 Å². The lowest BCUT2D eigenvalue weighted by atomic mass is 10.2. The lowest BCUT2D eigenvalue weighted by Crippen LogP contribution is -2.42. The first kappa shape index (κ1) is 20.4. The van der Waals surface area contributed by atoms with Crippen molar-refractivity contribution in [3.05, 3.63) is 56.5 Å². The molecule has 1 aromatic carbocycles. The zero-order valence-electron chi connectivity index (χ0n) is 15.3. The number of amides is 1. The van der Waals surface area contributed by atoms with Gasteiger partial charge in [0.15, 0.2) is 5.69 Å². The molecule has 8 nitrogen and oxygen atoms in total. The van der Waals surface area contributed by atoms with E-state index in [0.717, 1.165) is 23.5 Å². The third kappa shape index (κ3) is 4.62. The average molecular weight is 378 g/mol. The summed E-state index contributed by atoms with van der Waals surface area (Å²) in [4.78, 5) is 40.8. The van der Waals surface area contributed by atoms with E-state index in [0.29, 0.717) is 13.0 Å². The number of hydrogen-bond donors (Lipinski definition) is 2. The Bertz CT molecular complexity index is 905. The Hall–Kier alpha value is -2.94. The second-order valence-corrected chi connectivity index (χ2v) is 5.95. The Kier molecular flexibility index (Phi) is 6.89. The van der Waals surface area contributed by atoms with Crippen LogP contribution in [-0.2, 0) is 11.3 Å². The van der Waals surface area contributed by atoms with Crippen LogP contribution in [0.5, 0.6) is 0 Å². The number of nitrogens with one attached hydrogen (secondary N) is 1. The topological polar surface area (TPSA) is 110 Å². The number of carbonyl (C=O) groups is 1. The molecule has 1 aromatic heterocycles. The summed E-state index contributed by atoms with van der Waals surface area (Å²) in [6, 6.07) is 4.93. The maximum atomic E-state index is 13.2. The number of rotatable bonds is 8. The maximum absolute atomic E-state index is 13.2. The van der Waals surface area contributed by atoms with Crippen LogP contribution in [-0.4, -0.2) is 35.7 Å². The molecule has 0 unspecified atom stereocenters. The molecule has 3 N–H and O–H groups in total. The highest BCUT2D eigenvalue weighted by molar-refractivity contribution is 6.07. The van der Waals surface area contributed by atoms with Crippen molar-refractivity contribution in [2.24, 2.45) is 0 Å². The number of aromatic nitrogens is 2. The number of aromatic amines is 1. The minimum absolute atomic E-state index is 0.0337. The van der Waals surface area contributed by atoms with Crippen LogP contribution in [0.2, 0.25) is 0 Å². The van der Waals surface area contributed by atoms with E-state index in [2.05, 4.69) is 4.98 Å². The molecule has 1 heterocycles. The van der Waals surface area contributed by atoms with Crippen LogP contribution in [0.1, 0.15) is 30.1 Å². The summed E-state index contributed by atoms with van der Waals surface area (Å²) < 4.78 is 19.4. The highest BCUT2D eigenvalue weighted by Crippen LogP contribution is 2.20. The minimum Gasteiger partial charge on any atom is -0.383 e. The van der Waals surface area contributed by atoms with Gasteiger partial charge in [-0.1, -0.05) is 13.3 Å². The predicted octanol–water partition coefficient (Wildman–Crippen LogP) is 1.35. The highest BCUT2D eigenvalue weighted by Gasteiger charge is 2.25. The molecule has 0 bridgehead atoms. The molecule has 0 aliphatic heterocycles. The Balaban J connectivity index is 2.55. The Morgan fingerprint density at radius 2 is 1.96 bits per heavy atom. The van der Waals surface area contributed by atoms with Crippen LogP contribution in [0.25, 0.3) is 0 Å². The number of methoxy groups -OCH3 is 1. The molecule has 0 spiro atoms. The van der Waals surface area contributed by atoms with Gasteiger partial charge in [0.05, 0.1) is 6.61 Å². The van der Waals surface area contributed by atoms with E-state index in [9.17, 15) is 18.8 Å². The number of nitrogens with two attached hydrogens (primary N) is 1. The van der Waals surface area contributed by atoms with Crippen molar-refractivity contribution in [3.63, 3.8) is 0 Å². The lowest BCUT2D eigenvalue weighted by Gasteiger charge is -2.24. The van der Waals surface area contributed by atoms with Crippen molar-refractivity contribution in [3.8, 4) is 0 Å². The van der Waals surface area contributed by atoms with Crippen molar-refractivity contribution >= 4 is 17.4 Å². The smallest absolute Gasteiger partial charge is 0.330 e. The fourth-order valence-corrected chi connectivity index (χ4v) is 2.62. The van der Waals surface area contributed by atoms with Crippen molar-refractivity contribution < 1.29 is 13.9 Å². The van der Waals surface area contributed by atoms with Crippen molar-refractivity contribution in [2.75, 3.05) is 30.9 Å². The number of halogens is 1. The second kappa shape index (κ2) is 9.13. The van der Waals surface area contributed by atoms with E-state index in [1.807, 2.05) is 6.92 Å². The monoisotopic (exact) mass is 378 g/mol. The summed E-state index contributed by atoms with van der Waals surface area (Å²) in [5.74, 6) is -1.13. The average Bonchev–Trinajstić information content (AvgIpc) is 2.64. The van der Waals surface area contributed by atoms with Gasteiger partial charge in [-0.15, -0.1) is 0 Å². The number of H-pyrrole nitrogens is 1. The Morgan fingerprint density at radius 1 is 1.30 bits per heavy atom. The molecule has 0 aliphatic rings. The summed E-state index contributed by atoms with van der Waals surface area (Å²) in [7, 11) is 1.45. The van der Waals surface area contributed by atoms with Gasteiger partial charge in [0.1, 0.15) is 11.6 Å². The molecule has 0 atom stereocenters. The van der Waals surface area contributed by atoms with E-state index < -0.39 is 23.0 Å². The van der Waals surface area contributed by atoms with Crippen LogP contribution in [0.15, 0.2) is 33.9 Å². The third-order valence-electron chi connectivity index (χ3n) is 4.07. The molecule has 146 valence electrons. The number of unbranched alkanes of at least 4 members (excludes halogenated alkanes) is 1. The number of benzene rings is 1. The Morgan fingerprint density at radius 3 is 2.56 bits per heavy atom. The number of nitrogens with zero attached hydrogens (tertiary/aromatic N) is 2. The number of hydrogen-bond acceptors (Lipinski definition) is 5. The molecule has 2 rings (SSSR count). The zero-order chi connectivity index (χ0) is 20.0. The second-order valence-electron chi connectivity index (χ2n) is 5.95. The molecule has 9 heteroatoms. The van der Waals surface area contributed by atoms with E-state index in [-0.39, 0.29) is 30.2 Å². The number of ether oxygens (including phenoxy) is 1. The van der Waals surface area contributed by atoms with Gasteiger partial charge >= 0.3 is 5.69 Å². The summed E-state index contributed by atoms with van der Waals surface area (Å²) >= 11 is 0. The van der Waals surface area contributed by atoms with Gasteiger partial charge in [-0.05, 0) is 30.7 Å².